The summed E-state index contributed by atoms with van der Waals surface area (Å²) in [5.41, 5.74) is 1.51. The van der Waals surface area contributed by atoms with Crippen molar-refractivity contribution < 1.29 is 23.7 Å². The Bertz CT molecular complexity index is 823. The molecule has 3 rings (SSSR count). The quantitative estimate of drug-likeness (QED) is 0.785. The Morgan fingerprint density at radius 2 is 1.75 bits per heavy atom. The number of nitrogens with zero attached hydrogens (tertiary/aromatic N) is 1. The maximum Gasteiger partial charge on any atom is 0.323 e. The lowest BCUT2D eigenvalue weighted by Gasteiger charge is -2.26. The number of carbonyl (C=O) groups excluding carboxylic acids is 1. The minimum absolute atomic E-state index is 0.169. The second-order valence-corrected chi connectivity index (χ2v) is 7.22. The number of ether oxygens (including phenoxy) is 4. The molecule has 0 bridgehead atoms. The zero-order valence-electron chi connectivity index (χ0n) is 16.4. The number of thioether (sulfide) groups is 1. The van der Waals surface area contributed by atoms with Crippen molar-refractivity contribution in [3.8, 4) is 23.0 Å². The van der Waals surface area contributed by atoms with Crippen molar-refractivity contribution in [2.24, 2.45) is 0 Å². The van der Waals surface area contributed by atoms with Crippen molar-refractivity contribution in [1.29, 1.82) is 0 Å². The zero-order chi connectivity index (χ0) is 20.1. The highest BCUT2D eigenvalue weighted by atomic mass is 32.2. The molecule has 0 spiro atoms. The molecule has 2 aromatic rings. The number of amides is 2. The van der Waals surface area contributed by atoms with Gasteiger partial charge in [0.05, 0.1) is 28.4 Å². The van der Waals surface area contributed by atoms with Gasteiger partial charge in [-0.3, -0.25) is 0 Å². The molecule has 1 aliphatic heterocycles. The smallest absolute Gasteiger partial charge is 0.323 e. The summed E-state index contributed by atoms with van der Waals surface area (Å²) in [6.45, 7) is 0.628. The predicted octanol–water partition coefficient (Wildman–Crippen LogP) is 4.00. The maximum absolute atomic E-state index is 13.0. The summed E-state index contributed by atoms with van der Waals surface area (Å²) in [6.07, 6.45) is 0. The van der Waals surface area contributed by atoms with Crippen LogP contribution in [0.25, 0.3) is 0 Å². The van der Waals surface area contributed by atoms with Crippen LogP contribution in [-0.4, -0.2) is 51.7 Å². The number of hydrogen-bond acceptors (Lipinski definition) is 6. The van der Waals surface area contributed by atoms with E-state index in [0.717, 1.165) is 11.3 Å². The third-order valence-corrected chi connectivity index (χ3v) is 5.70. The van der Waals surface area contributed by atoms with Gasteiger partial charge in [-0.25, -0.2) is 4.79 Å². The number of anilines is 1. The van der Waals surface area contributed by atoms with E-state index in [1.165, 1.54) is 0 Å². The minimum atomic E-state index is -0.199. The molecular weight excluding hydrogens is 380 g/mol. The molecule has 2 amide bonds. The van der Waals surface area contributed by atoms with Crippen molar-refractivity contribution in [3.05, 3.63) is 42.0 Å². The maximum atomic E-state index is 13.0. The summed E-state index contributed by atoms with van der Waals surface area (Å²) < 4.78 is 21.5. The monoisotopic (exact) mass is 404 g/mol. The molecule has 0 radical (unpaired) electrons. The molecule has 1 heterocycles. The van der Waals surface area contributed by atoms with Crippen molar-refractivity contribution in [2.45, 2.75) is 5.37 Å². The molecule has 8 heteroatoms. The topological polar surface area (TPSA) is 69.3 Å². The first-order valence-corrected chi connectivity index (χ1v) is 9.79. The van der Waals surface area contributed by atoms with Crippen LogP contribution in [0.2, 0.25) is 0 Å². The highest BCUT2D eigenvalue weighted by Gasteiger charge is 2.33. The number of methoxy groups -OCH3 is 4. The summed E-state index contributed by atoms with van der Waals surface area (Å²) in [5, 5.41) is 2.77. The number of para-hydroxylation sites is 1. The first-order chi connectivity index (χ1) is 13.6. The van der Waals surface area contributed by atoms with E-state index in [-0.39, 0.29) is 11.4 Å². The van der Waals surface area contributed by atoms with Gasteiger partial charge in [-0.1, -0.05) is 12.1 Å². The van der Waals surface area contributed by atoms with Crippen LogP contribution in [0, 0.1) is 0 Å². The molecule has 1 aliphatic rings. The Morgan fingerprint density at radius 3 is 2.36 bits per heavy atom. The zero-order valence-corrected chi connectivity index (χ0v) is 17.2. The molecule has 1 atom stereocenters. The SMILES string of the molecule is COc1cc(NC(=O)N2CCS[C@H]2c2cccc(OC)c2OC)cc(OC)c1. The molecule has 1 fully saturated rings. The molecule has 28 heavy (non-hydrogen) atoms. The fraction of sp³-hybridized carbons (Fsp3) is 0.350. The summed E-state index contributed by atoms with van der Waals surface area (Å²) in [4.78, 5) is 14.8. The van der Waals surface area contributed by atoms with Crippen LogP contribution in [0.5, 0.6) is 23.0 Å². The minimum Gasteiger partial charge on any atom is -0.497 e. The Kier molecular flexibility index (Phi) is 6.41. The van der Waals surface area contributed by atoms with Crippen LogP contribution in [0.3, 0.4) is 0 Å². The van der Waals surface area contributed by atoms with Gasteiger partial charge in [0.25, 0.3) is 0 Å². The Morgan fingerprint density at radius 1 is 1.04 bits per heavy atom. The fourth-order valence-corrected chi connectivity index (χ4v) is 4.39. The standard InChI is InChI=1S/C20H24N2O5S/c1-24-14-10-13(11-15(12-14)25-2)21-20(23)22-8-9-28-19(22)16-6-5-7-17(26-3)18(16)27-4/h5-7,10-12,19H,8-9H2,1-4H3,(H,21,23)/t19-/m0/s1. The van der Waals surface area contributed by atoms with E-state index in [0.29, 0.717) is 35.2 Å². The fourth-order valence-electron chi connectivity index (χ4n) is 3.12. The number of carbonyl (C=O) groups is 1. The number of nitrogens with one attached hydrogen (secondary N) is 1. The molecule has 0 aromatic heterocycles. The van der Waals surface area contributed by atoms with E-state index in [9.17, 15) is 4.79 Å². The Balaban J connectivity index is 1.85. The highest BCUT2D eigenvalue weighted by molar-refractivity contribution is 7.99. The average Bonchev–Trinajstić information content (AvgIpc) is 3.22. The number of urea groups is 1. The van der Waals surface area contributed by atoms with Gasteiger partial charge in [-0.05, 0) is 6.07 Å². The van der Waals surface area contributed by atoms with Gasteiger partial charge in [-0.2, -0.15) is 0 Å². The van der Waals surface area contributed by atoms with Crippen molar-refractivity contribution in [1.82, 2.24) is 4.90 Å². The van der Waals surface area contributed by atoms with Crippen LogP contribution in [0.15, 0.2) is 36.4 Å². The van der Waals surface area contributed by atoms with Crippen LogP contribution >= 0.6 is 11.8 Å². The molecule has 1 N–H and O–H groups in total. The van der Waals surface area contributed by atoms with E-state index < -0.39 is 0 Å². The summed E-state index contributed by atoms with van der Waals surface area (Å²) in [5.74, 6) is 3.34. The third kappa shape index (κ3) is 4.06. The van der Waals surface area contributed by atoms with E-state index in [4.69, 9.17) is 18.9 Å². The Hall–Kier alpha value is -2.74. The second-order valence-electron chi connectivity index (χ2n) is 6.03. The Labute approximate surface area is 168 Å². The molecule has 1 saturated heterocycles. The molecule has 150 valence electrons. The van der Waals surface area contributed by atoms with Gasteiger partial charge in [0.2, 0.25) is 0 Å². The largest absolute Gasteiger partial charge is 0.497 e. The van der Waals surface area contributed by atoms with E-state index in [1.807, 2.05) is 18.2 Å². The number of hydrogen-bond donors (Lipinski definition) is 1. The highest BCUT2D eigenvalue weighted by Crippen LogP contribution is 2.45. The molecule has 0 saturated carbocycles. The number of benzene rings is 2. The molecule has 7 nitrogen and oxygen atoms in total. The van der Waals surface area contributed by atoms with Gasteiger partial charge < -0.3 is 29.2 Å². The first kappa shape index (κ1) is 20.0. The third-order valence-electron chi connectivity index (χ3n) is 4.45. The van der Waals surface area contributed by atoms with Gasteiger partial charge >= 0.3 is 6.03 Å². The van der Waals surface area contributed by atoms with Crippen LogP contribution in [0.4, 0.5) is 10.5 Å². The number of rotatable bonds is 6. The van der Waals surface area contributed by atoms with Gasteiger partial charge in [0.15, 0.2) is 11.5 Å². The van der Waals surface area contributed by atoms with E-state index in [2.05, 4.69) is 5.32 Å². The first-order valence-electron chi connectivity index (χ1n) is 8.74. The summed E-state index contributed by atoms with van der Waals surface area (Å²) in [6, 6.07) is 10.8. The van der Waals surface area contributed by atoms with Gasteiger partial charge in [0, 0.05) is 41.7 Å². The van der Waals surface area contributed by atoms with Gasteiger partial charge in [0.1, 0.15) is 16.9 Å². The summed E-state index contributed by atoms with van der Waals surface area (Å²) >= 11 is 1.69. The predicted molar refractivity (Wildman–Crippen MR) is 110 cm³/mol. The lowest BCUT2D eigenvalue weighted by atomic mass is 10.1. The molecule has 0 aliphatic carbocycles. The average molecular weight is 404 g/mol. The van der Waals surface area contributed by atoms with Crippen molar-refractivity contribution >= 4 is 23.5 Å². The van der Waals surface area contributed by atoms with Crippen molar-refractivity contribution in [3.63, 3.8) is 0 Å². The second kappa shape index (κ2) is 8.97. The van der Waals surface area contributed by atoms with Crippen LogP contribution in [-0.2, 0) is 0 Å². The van der Waals surface area contributed by atoms with Crippen molar-refractivity contribution in [2.75, 3.05) is 46.1 Å². The molecule has 0 unspecified atom stereocenters. The lowest BCUT2D eigenvalue weighted by Crippen LogP contribution is -2.34. The van der Waals surface area contributed by atoms with Crippen LogP contribution in [0.1, 0.15) is 10.9 Å². The van der Waals surface area contributed by atoms with Gasteiger partial charge in [-0.15, -0.1) is 11.8 Å². The lowest BCUT2D eigenvalue weighted by molar-refractivity contribution is 0.213. The van der Waals surface area contributed by atoms with Crippen LogP contribution < -0.4 is 24.3 Å². The van der Waals surface area contributed by atoms with E-state index >= 15 is 0 Å². The molecule has 2 aromatic carbocycles. The summed E-state index contributed by atoms with van der Waals surface area (Å²) in [7, 11) is 6.35. The molecular formula is C20H24N2O5S. The van der Waals surface area contributed by atoms with E-state index in [1.54, 1.807) is 63.3 Å². The normalized spacial score (nSPS) is 15.9.